The van der Waals surface area contributed by atoms with Crippen molar-refractivity contribution >= 4 is 42.3 Å². The van der Waals surface area contributed by atoms with E-state index < -0.39 is 60.2 Å². The zero-order valence-electron chi connectivity index (χ0n) is 18.4. The van der Waals surface area contributed by atoms with Crippen LogP contribution in [0.4, 0.5) is 0 Å². The first-order chi connectivity index (χ1) is 15.5. The number of carboxylic acids is 2. The fourth-order valence-electron chi connectivity index (χ4n) is 2.74. The summed E-state index contributed by atoms with van der Waals surface area (Å²) in [7, 11) is 0. The number of benzene rings is 1. The summed E-state index contributed by atoms with van der Waals surface area (Å²) in [5.41, 5.74) is 6.46. The Labute approximate surface area is 196 Å². The van der Waals surface area contributed by atoms with Gasteiger partial charge in [0.1, 0.15) is 18.1 Å². The summed E-state index contributed by atoms with van der Waals surface area (Å²) in [6, 6.07) is 3.73. The van der Waals surface area contributed by atoms with E-state index >= 15 is 0 Å². The van der Waals surface area contributed by atoms with Crippen LogP contribution in [0.15, 0.2) is 30.3 Å². The molecule has 4 unspecified atom stereocenters. The number of thiol groups is 1. The molecule has 12 heteroatoms. The van der Waals surface area contributed by atoms with Crippen molar-refractivity contribution in [3.05, 3.63) is 35.9 Å². The molecule has 7 N–H and O–H groups in total. The number of rotatable bonds is 13. The maximum atomic E-state index is 12.8. The van der Waals surface area contributed by atoms with Gasteiger partial charge >= 0.3 is 11.9 Å². The van der Waals surface area contributed by atoms with Crippen LogP contribution in [0, 0.1) is 5.92 Å². The predicted molar refractivity (Wildman–Crippen MR) is 122 cm³/mol. The van der Waals surface area contributed by atoms with E-state index in [-0.39, 0.29) is 18.1 Å². The molecular weight excluding hydrogens is 452 g/mol. The van der Waals surface area contributed by atoms with E-state index in [4.69, 9.17) is 10.8 Å². The standard InChI is InChI=1S/C21H30N4O7S/c1-11(2)17(22)20(30)25-15(10-33)19(29)23-13(8-12-6-4-3-5-7-12)18(28)24-14(21(31)32)9-16(26)27/h3-7,11,13-15,17,33H,8-10,22H2,1-2H3,(H,23,29)(H,24,28)(H,25,30)(H,26,27)(H,31,32). The van der Waals surface area contributed by atoms with E-state index in [9.17, 15) is 29.1 Å². The third-order valence-corrected chi connectivity index (χ3v) is 5.11. The molecule has 0 aliphatic rings. The number of nitrogens with two attached hydrogens (primary N) is 1. The Morgan fingerprint density at radius 2 is 1.39 bits per heavy atom. The molecule has 3 amide bonds. The molecule has 0 bridgehead atoms. The average molecular weight is 483 g/mol. The number of aliphatic carboxylic acids is 2. The SMILES string of the molecule is CC(C)C(N)C(=O)NC(CS)C(=O)NC(Cc1ccccc1)C(=O)NC(CC(=O)O)C(=O)O. The lowest BCUT2D eigenvalue weighted by Gasteiger charge is -2.25. The fraction of sp³-hybridized carbons (Fsp3) is 0.476. The maximum Gasteiger partial charge on any atom is 0.326 e. The predicted octanol–water partition coefficient (Wildman–Crippen LogP) is -0.844. The van der Waals surface area contributed by atoms with Gasteiger partial charge in [-0.05, 0) is 11.5 Å². The highest BCUT2D eigenvalue weighted by Crippen LogP contribution is 2.06. The second kappa shape index (κ2) is 13.4. The van der Waals surface area contributed by atoms with Crippen LogP contribution in [0.5, 0.6) is 0 Å². The van der Waals surface area contributed by atoms with Crippen molar-refractivity contribution in [2.75, 3.05) is 5.75 Å². The van der Waals surface area contributed by atoms with Crippen molar-refractivity contribution in [1.29, 1.82) is 0 Å². The Balaban J connectivity index is 3.04. The van der Waals surface area contributed by atoms with Gasteiger partial charge in [-0.2, -0.15) is 12.6 Å². The Bertz CT molecular complexity index is 850. The van der Waals surface area contributed by atoms with Gasteiger partial charge in [0.05, 0.1) is 12.5 Å². The number of carbonyl (C=O) groups excluding carboxylic acids is 3. The van der Waals surface area contributed by atoms with E-state index in [1.165, 1.54) is 0 Å². The summed E-state index contributed by atoms with van der Waals surface area (Å²) in [6.45, 7) is 3.49. The Hall–Kier alpha value is -3.12. The summed E-state index contributed by atoms with van der Waals surface area (Å²) < 4.78 is 0. The first-order valence-electron chi connectivity index (χ1n) is 10.2. The molecule has 0 heterocycles. The van der Waals surface area contributed by atoms with Crippen molar-refractivity contribution in [3.63, 3.8) is 0 Å². The molecule has 0 fully saturated rings. The molecule has 1 rings (SSSR count). The lowest BCUT2D eigenvalue weighted by Crippen LogP contribution is -2.58. The van der Waals surface area contributed by atoms with Gasteiger partial charge in [-0.25, -0.2) is 4.79 Å². The van der Waals surface area contributed by atoms with Crippen molar-refractivity contribution in [2.45, 2.75) is 50.9 Å². The van der Waals surface area contributed by atoms with Crippen LogP contribution >= 0.6 is 12.6 Å². The average Bonchev–Trinajstić information content (AvgIpc) is 2.75. The highest BCUT2D eigenvalue weighted by molar-refractivity contribution is 7.80. The zero-order chi connectivity index (χ0) is 25.1. The van der Waals surface area contributed by atoms with Crippen LogP contribution in [0.2, 0.25) is 0 Å². The molecule has 0 spiro atoms. The third kappa shape index (κ3) is 9.49. The Morgan fingerprint density at radius 1 is 0.879 bits per heavy atom. The maximum absolute atomic E-state index is 12.8. The molecule has 0 aliphatic heterocycles. The number of nitrogens with one attached hydrogen (secondary N) is 3. The Kier molecular flexibility index (Phi) is 11.4. The minimum atomic E-state index is -1.69. The number of carbonyl (C=O) groups is 5. The van der Waals surface area contributed by atoms with Crippen LogP contribution in [0.3, 0.4) is 0 Å². The lowest BCUT2D eigenvalue weighted by molar-refractivity contribution is -0.147. The summed E-state index contributed by atoms with van der Waals surface area (Å²) in [5.74, 6) is -5.37. The quantitative estimate of drug-likeness (QED) is 0.177. The summed E-state index contributed by atoms with van der Waals surface area (Å²) in [6.07, 6.45) is -0.841. The van der Waals surface area contributed by atoms with Crippen molar-refractivity contribution in [2.24, 2.45) is 11.7 Å². The van der Waals surface area contributed by atoms with Crippen LogP contribution in [0.25, 0.3) is 0 Å². The van der Waals surface area contributed by atoms with Gasteiger partial charge in [0.2, 0.25) is 17.7 Å². The minimum Gasteiger partial charge on any atom is -0.481 e. The molecular formula is C21H30N4O7S. The number of amides is 3. The second-order valence-corrected chi connectivity index (χ2v) is 8.13. The molecule has 33 heavy (non-hydrogen) atoms. The van der Waals surface area contributed by atoms with E-state index in [2.05, 4.69) is 28.6 Å². The van der Waals surface area contributed by atoms with Gasteiger partial charge in [-0.1, -0.05) is 44.2 Å². The summed E-state index contributed by atoms with van der Waals surface area (Å²) in [5, 5.41) is 25.2. The lowest BCUT2D eigenvalue weighted by atomic mass is 10.0. The first-order valence-corrected chi connectivity index (χ1v) is 10.9. The van der Waals surface area contributed by atoms with E-state index in [1.54, 1.807) is 44.2 Å². The molecule has 0 radical (unpaired) electrons. The van der Waals surface area contributed by atoms with Crippen molar-refractivity contribution < 1.29 is 34.2 Å². The van der Waals surface area contributed by atoms with E-state index in [0.717, 1.165) is 0 Å². The molecule has 1 aromatic rings. The molecule has 1 aromatic carbocycles. The summed E-state index contributed by atoms with van der Waals surface area (Å²) >= 11 is 4.08. The van der Waals surface area contributed by atoms with Gasteiger partial charge in [0.15, 0.2) is 0 Å². The molecule has 0 saturated carbocycles. The van der Waals surface area contributed by atoms with Crippen LogP contribution < -0.4 is 21.7 Å². The van der Waals surface area contributed by atoms with Crippen molar-refractivity contribution in [3.8, 4) is 0 Å². The van der Waals surface area contributed by atoms with E-state index in [1.807, 2.05) is 0 Å². The molecule has 0 saturated heterocycles. The van der Waals surface area contributed by atoms with Gasteiger partial charge in [-0.3, -0.25) is 19.2 Å². The Morgan fingerprint density at radius 3 is 1.88 bits per heavy atom. The normalized spacial score (nSPS) is 14.5. The first kappa shape index (κ1) is 27.9. The van der Waals surface area contributed by atoms with Crippen LogP contribution in [0.1, 0.15) is 25.8 Å². The van der Waals surface area contributed by atoms with Gasteiger partial charge in [0, 0.05) is 12.2 Å². The zero-order valence-corrected chi connectivity index (χ0v) is 19.2. The highest BCUT2D eigenvalue weighted by Gasteiger charge is 2.31. The van der Waals surface area contributed by atoms with Crippen LogP contribution in [-0.2, 0) is 30.4 Å². The molecule has 11 nitrogen and oxygen atoms in total. The summed E-state index contributed by atoms with van der Waals surface area (Å²) in [4.78, 5) is 60.1. The number of carboxylic acid groups (broad SMARTS) is 2. The second-order valence-electron chi connectivity index (χ2n) is 7.76. The van der Waals surface area contributed by atoms with Gasteiger partial charge < -0.3 is 31.9 Å². The molecule has 182 valence electrons. The number of hydrogen-bond acceptors (Lipinski definition) is 7. The third-order valence-electron chi connectivity index (χ3n) is 4.75. The number of hydrogen-bond donors (Lipinski definition) is 7. The van der Waals surface area contributed by atoms with Crippen LogP contribution in [-0.4, -0.2) is 69.8 Å². The monoisotopic (exact) mass is 482 g/mol. The largest absolute Gasteiger partial charge is 0.481 e. The van der Waals surface area contributed by atoms with Gasteiger partial charge in [-0.15, -0.1) is 0 Å². The van der Waals surface area contributed by atoms with Gasteiger partial charge in [0.25, 0.3) is 0 Å². The smallest absolute Gasteiger partial charge is 0.326 e. The molecule has 4 atom stereocenters. The molecule has 0 aliphatic carbocycles. The fourth-order valence-corrected chi connectivity index (χ4v) is 3.00. The highest BCUT2D eigenvalue weighted by atomic mass is 32.1. The molecule has 0 aromatic heterocycles. The minimum absolute atomic E-state index is 0.00340. The van der Waals surface area contributed by atoms with E-state index in [0.29, 0.717) is 5.56 Å². The van der Waals surface area contributed by atoms with Crippen molar-refractivity contribution in [1.82, 2.24) is 16.0 Å². The topological polar surface area (TPSA) is 188 Å².